The van der Waals surface area contributed by atoms with Gasteiger partial charge in [-0.15, -0.1) is 0 Å². The van der Waals surface area contributed by atoms with Crippen LogP contribution in [0, 0.1) is 0 Å². The summed E-state index contributed by atoms with van der Waals surface area (Å²) in [6.07, 6.45) is 18.2. The van der Waals surface area contributed by atoms with Gasteiger partial charge in [0.2, 0.25) is 0 Å². The molecule has 0 fully saturated rings. The van der Waals surface area contributed by atoms with Gasteiger partial charge in [0.05, 0.1) is 0 Å². The molecule has 3 heteroatoms. The first-order valence-electron chi connectivity index (χ1n) is 15.4. The zero-order chi connectivity index (χ0) is 28.3. The fourth-order valence-electron chi connectivity index (χ4n) is 7.41. The predicted molar refractivity (Wildman–Crippen MR) is 180 cm³/mol. The summed E-state index contributed by atoms with van der Waals surface area (Å²) in [5.41, 5.74) is 14.5. The Bertz CT molecular complexity index is 1820. The summed E-state index contributed by atoms with van der Waals surface area (Å²) in [6, 6.07) is 34.2. The van der Waals surface area contributed by atoms with Gasteiger partial charge in [0.25, 0.3) is 6.71 Å². The minimum atomic E-state index is -0.175. The lowest BCUT2D eigenvalue weighted by Gasteiger charge is -2.46. The Morgan fingerprint density at radius 3 is 1.98 bits per heavy atom. The molecule has 0 atom stereocenters. The summed E-state index contributed by atoms with van der Waals surface area (Å²) in [5.74, 6) is 0. The second kappa shape index (κ2) is 9.81. The van der Waals surface area contributed by atoms with Gasteiger partial charge in [-0.05, 0) is 89.6 Å². The Balaban J connectivity index is 1.48. The van der Waals surface area contributed by atoms with E-state index in [1.807, 2.05) is 0 Å². The first kappa shape index (κ1) is 25.2. The van der Waals surface area contributed by atoms with Crippen molar-refractivity contribution in [3.63, 3.8) is 0 Å². The van der Waals surface area contributed by atoms with Crippen LogP contribution in [0.5, 0.6) is 0 Å². The van der Waals surface area contributed by atoms with Gasteiger partial charge < -0.3 is 9.80 Å². The number of hydrogen-bond acceptors (Lipinski definition) is 2. The highest BCUT2D eigenvalue weighted by Crippen LogP contribution is 2.45. The molecule has 0 aromatic heterocycles. The van der Waals surface area contributed by atoms with E-state index in [1.54, 1.807) is 0 Å². The van der Waals surface area contributed by atoms with Gasteiger partial charge in [0, 0.05) is 39.6 Å². The third kappa shape index (κ3) is 3.80. The van der Waals surface area contributed by atoms with E-state index < -0.39 is 0 Å². The summed E-state index contributed by atoms with van der Waals surface area (Å²) in [6.45, 7) is 4.93. The van der Waals surface area contributed by atoms with Crippen LogP contribution < -0.4 is 26.2 Å². The minimum absolute atomic E-state index is 0.175. The zero-order valence-electron chi connectivity index (χ0n) is 24.4. The summed E-state index contributed by atoms with van der Waals surface area (Å²) in [4.78, 5) is 5.13. The van der Waals surface area contributed by atoms with Gasteiger partial charge >= 0.3 is 0 Å². The second-order valence-electron chi connectivity index (χ2n) is 12.4. The molecule has 2 nitrogen and oxygen atoms in total. The van der Waals surface area contributed by atoms with E-state index >= 15 is 0 Å². The van der Waals surface area contributed by atoms with Crippen molar-refractivity contribution in [1.82, 2.24) is 0 Å². The highest BCUT2D eigenvalue weighted by molar-refractivity contribution is 7.00. The monoisotopic (exact) mass is 542 g/mol. The maximum absolute atomic E-state index is 2.58. The maximum atomic E-state index is 2.58. The number of nitrogens with zero attached hydrogens (tertiary/aromatic N) is 2. The largest absolute Gasteiger partial charge is 0.315 e. The van der Waals surface area contributed by atoms with Crippen LogP contribution in [0.1, 0.15) is 50.7 Å². The van der Waals surface area contributed by atoms with Crippen LogP contribution in [0.15, 0.2) is 139 Å². The number of rotatable bonds is 4. The van der Waals surface area contributed by atoms with E-state index in [9.17, 15) is 0 Å². The van der Waals surface area contributed by atoms with Gasteiger partial charge in [0.15, 0.2) is 0 Å². The molecule has 42 heavy (non-hydrogen) atoms. The van der Waals surface area contributed by atoms with Crippen molar-refractivity contribution in [3.8, 4) is 0 Å². The molecule has 0 amide bonds. The summed E-state index contributed by atoms with van der Waals surface area (Å²) in [5, 5.41) is 0. The quantitative estimate of drug-likeness (QED) is 0.242. The Morgan fingerprint density at radius 1 is 0.643 bits per heavy atom. The third-order valence-corrected chi connectivity index (χ3v) is 9.61. The van der Waals surface area contributed by atoms with Gasteiger partial charge in [-0.2, -0.15) is 0 Å². The predicted octanol–water partition coefficient (Wildman–Crippen LogP) is 7.90. The van der Waals surface area contributed by atoms with Crippen LogP contribution in [0.25, 0.3) is 0 Å². The van der Waals surface area contributed by atoms with E-state index in [1.165, 1.54) is 61.7 Å². The molecule has 4 aromatic carbocycles. The average Bonchev–Trinajstić information content (AvgIpc) is 3.05. The highest BCUT2D eigenvalue weighted by atomic mass is 15.2. The van der Waals surface area contributed by atoms with Crippen molar-refractivity contribution in [2.24, 2.45) is 0 Å². The minimum Gasteiger partial charge on any atom is -0.315 e. The van der Waals surface area contributed by atoms with Crippen molar-refractivity contribution in [3.05, 3.63) is 150 Å². The summed E-state index contributed by atoms with van der Waals surface area (Å²) < 4.78 is 0. The first-order valence-corrected chi connectivity index (χ1v) is 15.4. The average molecular weight is 543 g/mol. The number of allylic oxidation sites excluding steroid dienone is 7. The molecule has 0 N–H and O–H groups in total. The normalized spacial score (nSPS) is 16.9. The molecular formula is C39H35BN2. The van der Waals surface area contributed by atoms with Gasteiger partial charge in [0.1, 0.15) is 0 Å². The SMILES string of the molecule is CC(C)(c1ccccc1)c1cc2c3c(c1)N(C1=CC=CCC1)c1ccccc1B3c1ccccc1N2C1=CCCC=C1. The van der Waals surface area contributed by atoms with Crippen LogP contribution in [-0.4, -0.2) is 6.71 Å². The molecule has 0 unspecified atom stereocenters. The van der Waals surface area contributed by atoms with Crippen molar-refractivity contribution < 1.29 is 0 Å². The first-order chi connectivity index (χ1) is 20.6. The molecule has 0 saturated carbocycles. The van der Waals surface area contributed by atoms with Gasteiger partial charge in [-0.3, -0.25) is 0 Å². The van der Waals surface area contributed by atoms with E-state index in [4.69, 9.17) is 0 Å². The maximum Gasteiger partial charge on any atom is 0.252 e. The van der Waals surface area contributed by atoms with Crippen LogP contribution >= 0.6 is 0 Å². The Hall–Kier alpha value is -4.50. The molecule has 0 bridgehead atoms. The Labute approximate surface area is 250 Å². The fraction of sp³-hybridized carbons (Fsp3) is 0.179. The Morgan fingerprint density at radius 2 is 1.31 bits per heavy atom. The van der Waals surface area contributed by atoms with Crippen molar-refractivity contribution in [2.75, 3.05) is 9.80 Å². The lowest BCUT2D eigenvalue weighted by Crippen LogP contribution is -2.62. The zero-order valence-corrected chi connectivity index (χ0v) is 24.4. The van der Waals surface area contributed by atoms with Gasteiger partial charge in [-0.25, -0.2) is 0 Å². The lowest BCUT2D eigenvalue weighted by molar-refractivity contribution is 0.641. The number of anilines is 4. The van der Waals surface area contributed by atoms with Crippen LogP contribution in [0.4, 0.5) is 22.7 Å². The van der Waals surface area contributed by atoms with Crippen molar-refractivity contribution in [2.45, 2.75) is 44.9 Å². The Kier molecular flexibility index (Phi) is 5.89. The molecule has 2 aliphatic carbocycles. The van der Waals surface area contributed by atoms with E-state index in [-0.39, 0.29) is 12.1 Å². The van der Waals surface area contributed by atoms with Crippen molar-refractivity contribution in [1.29, 1.82) is 0 Å². The van der Waals surface area contributed by atoms with Crippen LogP contribution in [0.3, 0.4) is 0 Å². The standard InChI is InChI=1S/C39H35BN2/c1-39(2,28-16-6-3-7-17-28)29-26-36-38-37(27-29)42(31-20-10-5-11-21-31)35-25-15-13-23-33(35)40(38)32-22-12-14-24-34(32)41(36)30-18-8-4-9-19-30/h3-4,6-8,10,12-18,20-27H,5,9,11,19H2,1-2H3. The van der Waals surface area contributed by atoms with E-state index in [2.05, 4.69) is 151 Å². The topological polar surface area (TPSA) is 6.48 Å². The van der Waals surface area contributed by atoms with Crippen LogP contribution in [-0.2, 0) is 5.41 Å². The van der Waals surface area contributed by atoms with Crippen LogP contribution in [0.2, 0.25) is 0 Å². The van der Waals surface area contributed by atoms with Crippen molar-refractivity contribution >= 4 is 45.9 Å². The molecular weight excluding hydrogens is 507 g/mol. The molecule has 4 aliphatic rings. The number of para-hydroxylation sites is 2. The van der Waals surface area contributed by atoms with E-state index in [0.29, 0.717) is 0 Å². The number of hydrogen-bond donors (Lipinski definition) is 0. The van der Waals surface area contributed by atoms with E-state index in [0.717, 1.165) is 25.7 Å². The summed E-state index contributed by atoms with van der Waals surface area (Å²) >= 11 is 0. The lowest BCUT2D eigenvalue weighted by atomic mass is 9.33. The number of benzene rings is 4. The number of fused-ring (bicyclic) bond motifs is 4. The second-order valence-corrected chi connectivity index (χ2v) is 12.4. The molecule has 0 saturated heterocycles. The molecule has 0 radical (unpaired) electrons. The molecule has 204 valence electrons. The summed E-state index contributed by atoms with van der Waals surface area (Å²) in [7, 11) is 0. The smallest absolute Gasteiger partial charge is 0.252 e. The molecule has 4 aromatic rings. The van der Waals surface area contributed by atoms with Gasteiger partial charge in [-0.1, -0.05) is 105 Å². The molecule has 0 spiro atoms. The molecule has 8 rings (SSSR count). The third-order valence-electron chi connectivity index (χ3n) is 9.61. The molecule has 2 heterocycles. The molecule has 2 aliphatic heterocycles. The highest BCUT2D eigenvalue weighted by Gasteiger charge is 2.44. The fourth-order valence-corrected chi connectivity index (χ4v) is 7.41.